The molecule has 0 atom stereocenters. The van der Waals surface area contributed by atoms with Gasteiger partial charge in [-0.3, -0.25) is 4.79 Å². The van der Waals surface area contributed by atoms with Gasteiger partial charge in [0.05, 0.1) is 17.3 Å². The number of thiazole rings is 1. The van der Waals surface area contributed by atoms with E-state index < -0.39 is 0 Å². The number of para-hydroxylation sites is 1. The first-order chi connectivity index (χ1) is 18.0. The Morgan fingerprint density at radius 2 is 1.73 bits per heavy atom. The van der Waals surface area contributed by atoms with Gasteiger partial charge in [-0.2, -0.15) is 14.6 Å². The molecule has 0 aliphatic carbocycles. The number of hydrogen-bond donors (Lipinski definition) is 0. The van der Waals surface area contributed by atoms with Gasteiger partial charge in [0.1, 0.15) is 11.4 Å². The van der Waals surface area contributed by atoms with Crippen LogP contribution in [0, 0.1) is 6.92 Å². The maximum atomic E-state index is 13.3. The number of methoxy groups -OCH3 is 1. The van der Waals surface area contributed by atoms with Crippen LogP contribution in [0.5, 0.6) is 5.75 Å². The zero-order valence-electron chi connectivity index (χ0n) is 19.9. The van der Waals surface area contributed by atoms with Gasteiger partial charge in [0.2, 0.25) is 4.96 Å². The SMILES string of the molecule is COc1ccc(-c2nc3s/c(=C\c4cn(-c5ccccc5)nc4-c4ccc(Cl)c(C)c4)c(=O)n3n2)cc1. The number of benzene rings is 3. The molecule has 0 N–H and O–H groups in total. The van der Waals surface area contributed by atoms with E-state index >= 15 is 0 Å². The lowest BCUT2D eigenvalue weighted by atomic mass is 10.1. The molecule has 3 heterocycles. The average Bonchev–Trinajstić information content (AvgIpc) is 3.61. The van der Waals surface area contributed by atoms with Gasteiger partial charge in [-0.05, 0) is 67.1 Å². The second-order valence-corrected chi connectivity index (χ2v) is 9.87. The number of hydrogen-bond acceptors (Lipinski definition) is 6. The fraction of sp³-hybridized carbons (Fsp3) is 0.0714. The summed E-state index contributed by atoms with van der Waals surface area (Å²) in [5.74, 6) is 1.24. The summed E-state index contributed by atoms with van der Waals surface area (Å²) in [5.41, 5.74) is 4.93. The molecule has 0 spiro atoms. The summed E-state index contributed by atoms with van der Waals surface area (Å²) in [6.45, 7) is 1.96. The van der Waals surface area contributed by atoms with E-state index in [1.54, 1.807) is 7.11 Å². The normalized spacial score (nSPS) is 11.9. The van der Waals surface area contributed by atoms with Crippen LogP contribution >= 0.6 is 22.9 Å². The Balaban J connectivity index is 1.47. The quantitative estimate of drug-likeness (QED) is 0.310. The first-order valence-electron chi connectivity index (χ1n) is 11.5. The highest BCUT2D eigenvalue weighted by Gasteiger charge is 2.15. The van der Waals surface area contributed by atoms with Gasteiger partial charge in [-0.25, -0.2) is 4.68 Å². The van der Waals surface area contributed by atoms with Crippen molar-refractivity contribution in [3.63, 3.8) is 0 Å². The van der Waals surface area contributed by atoms with Crippen LogP contribution in [-0.4, -0.2) is 31.5 Å². The van der Waals surface area contributed by atoms with E-state index in [0.717, 1.165) is 39.4 Å². The Bertz CT molecular complexity index is 1860. The Labute approximate surface area is 220 Å². The monoisotopic (exact) mass is 525 g/mol. The van der Waals surface area contributed by atoms with E-state index in [1.165, 1.54) is 15.9 Å². The molecule has 0 aliphatic rings. The van der Waals surface area contributed by atoms with Gasteiger partial charge in [0.15, 0.2) is 5.82 Å². The molecule has 3 aromatic carbocycles. The molecule has 37 heavy (non-hydrogen) atoms. The highest BCUT2D eigenvalue weighted by atomic mass is 35.5. The summed E-state index contributed by atoms with van der Waals surface area (Å²) in [5, 5.41) is 10.0. The Hall–Kier alpha value is -4.27. The van der Waals surface area contributed by atoms with Crippen molar-refractivity contribution < 1.29 is 4.74 Å². The standard InChI is InChI=1S/C28H20ClN5O2S/c1-17-14-19(10-13-23(17)29)25-20(16-33(31-25)21-6-4-3-5-7-21)15-24-27(35)34-28(37-24)30-26(32-34)18-8-11-22(36-2)12-9-18/h3-16H,1-2H3/b24-15-. The van der Waals surface area contributed by atoms with Gasteiger partial charge in [-0.1, -0.05) is 47.2 Å². The third kappa shape index (κ3) is 4.30. The number of aromatic nitrogens is 5. The van der Waals surface area contributed by atoms with E-state index in [9.17, 15) is 4.79 Å². The number of ether oxygens (including phenoxy) is 1. The molecule has 7 nitrogen and oxygen atoms in total. The van der Waals surface area contributed by atoms with E-state index in [1.807, 2.05) is 96.7 Å². The molecule has 0 fully saturated rings. The van der Waals surface area contributed by atoms with Crippen molar-refractivity contribution in [3.8, 4) is 34.1 Å². The van der Waals surface area contributed by atoms with Gasteiger partial charge >= 0.3 is 0 Å². The van der Waals surface area contributed by atoms with Crippen molar-refractivity contribution >= 4 is 34.0 Å². The number of nitrogens with zero attached hydrogens (tertiary/aromatic N) is 5. The third-order valence-corrected chi connectivity index (χ3v) is 7.39. The number of fused-ring (bicyclic) bond motifs is 1. The Morgan fingerprint density at radius 3 is 2.43 bits per heavy atom. The largest absolute Gasteiger partial charge is 0.497 e. The second-order valence-electron chi connectivity index (χ2n) is 8.45. The molecule has 0 aliphatic heterocycles. The van der Waals surface area contributed by atoms with E-state index in [4.69, 9.17) is 21.4 Å². The van der Waals surface area contributed by atoms with Crippen molar-refractivity contribution in [1.29, 1.82) is 0 Å². The van der Waals surface area contributed by atoms with E-state index in [0.29, 0.717) is 20.3 Å². The summed E-state index contributed by atoms with van der Waals surface area (Å²) >= 11 is 7.56. The third-order valence-electron chi connectivity index (χ3n) is 6.01. The molecule has 0 saturated heterocycles. The van der Waals surface area contributed by atoms with Gasteiger partial charge < -0.3 is 4.74 Å². The van der Waals surface area contributed by atoms with Crippen molar-refractivity contribution in [1.82, 2.24) is 24.4 Å². The predicted molar refractivity (Wildman–Crippen MR) is 147 cm³/mol. The lowest BCUT2D eigenvalue weighted by Gasteiger charge is -2.03. The summed E-state index contributed by atoms with van der Waals surface area (Å²) in [7, 11) is 1.62. The van der Waals surface area contributed by atoms with Gasteiger partial charge in [0, 0.05) is 27.9 Å². The highest BCUT2D eigenvalue weighted by Crippen LogP contribution is 2.28. The lowest BCUT2D eigenvalue weighted by Crippen LogP contribution is -2.23. The summed E-state index contributed by atoms with van der Waals surface area (Å²) in [6.07, 6.45) is 3.77. The molecule has 9 heteroatoms. The van der Waals surface area contributed by atoms with Gasteiger partial charge in [0.25, 0.3) is 5.56 Å². The summed E-state index contributed by atoms with van der Waals surface area (Å²) in [6, 6.07) is 23.1. The number of halogens is 1. The number of aryl methyl sites for hydroxylation is 1. The van der Waals surface area contributed by atoms with Crippen LogP contribution in [0.25, 0.3) is 39.4 Å². The van der Waals surface area contributed by atoms with Crippen molar-refractivity contribution in [2.24, 2.45) is 0 Å². The molecule has 182 valence electrons. The molecule has 0 radical (unpaired) electrons. The molecule has 3 aromatic heterocycles. The zero-order chi connectivity index (χ0) is 25.5. The average molecular weight is 526 g/mol. The maximum absolute atomic E-state index is 13.3. The topological polar surface area (TPSA) is 74.3 Å². The van der Waals surface area contributed by atoms with Crippen molar-refractivity contribution in [3.05, 3.63) is 110 Å². The van der Waals surface area contributed by atoms with Crippen LogP contribution in [0.1, 0.15) is 11.1 Å². The molecular formula is C28H20ClN5O2S. The molecule has 6 aromatic rings. The smallest absolute Gasteiger partial charge is 0.291 e. The van der Waals surface area contributed by atoms with Crippen molar-refractivity contribution in [2.75, 3.05) is 7.11 Å². The minimum atomic E-state index is -0.224. The van der Waals surface area contributed by atoms with Gasteiger partial charge in [-0.15, -0.1) is 5.10 Å². The minimum absolute atomic E-state index is 0.224. The van der Waals surface area contributed by atoms with E-state index in [2.05, 4.69) is 10.1 Å². The molecule has 0 bridgehead atoms. The highest BCUT2D eigenvalue weighted by molar-refractivity contribution is 7.15. The molecule has 6 rings (SSSR count). The van der Waals surface area contributed by atoms with Crippen LogP contribution in [0.15, 0.2) is 83.8 Å². The van der Waals surface area contributed by atoms with Crippen LogP contribution < -0.4 is 14.8 Å². The number of rotatable bonds is 5. The Kier molecular flexibility index (Phi) is 5.82. The summed E-state index contributed by atoms with van der Waals surface area (Å²) in [4.78, 5) is 18.4. The Morgan fingerprint density at radius 1 is 0.973 bits per heavy atom. The van der Waals surface area contributed by atoms with E-state index in [-0.39, 0.29) is 5.56 Å². The lowest BCUT2D eigenvalue weighted by molar-refractivity contribution is 0.415. The molecular weight excluding hydrogens is 506 g/mol. The van der Waals surface area contributed by atoms with Crippen LogP contribution in [0.4, 0.5) is 0 Å². The second kappa shape index (κ2) is 9.31. The van der Waals surface area contributed by atoms with Crippen LogP contribution in [0.2, 0.25) is 5.02 Å². The maximum Gasteiger partial charge on any atom is 0.291 e. The van der Waals surface area contributed by atoms with Crippen LogP contribution in [-0.2, 0) is 0 Å². The fourth-order valence-electron chi connectivity index (χ4n) is 4.06. The first kappa shape index (κ1) is 23.1. The summed E-state index contributed by atoms with van der Waals surface area (Å²) < 4.78 is 8.90. The molecule has 0 saturated carbocycles. The minimum Gasteiger partial charge on any atom is -0.497 e. The zero-order valence-corrected chi connectivity index (χ0v) is 21.5. The fourth-order valence-corrected chi connectivity index (χ4v) is 5.08. The predicted octanol–water partition coefficient (Wildman–Crippen LogP) is 5.19. The van der Waals surface area contributed by atoms with Crippen molar-refractivity contribution in [2.45, 2.75) is 6.92 Å². The molecule has 0 unspecified atom stereocenters. The first-order valence-corrected chi connectivity index (χ1v) is 12.7. The van der Waals surface area contributed by atoms with Crippen LogP contribution in [0.3, 0.4) is 0 Å². The molecule has 0 amide bonds.